The van der Waals surface area contributed by atoms with Gasteiger partial charge in [0.2, 0.25) is 0 Å². The molecule has 3 heteroatoms. The van der Waals surface area contributed by atoms with E-state index in [1.807, 2.05) is 0 Å². The zero-order chi connectivity index (χ0) is 7.78. The molecule has 0 saturated heterocycles. The van der Waals surface area contributed by atoms with E-state index in [-0.39, 0.29) is 5.97 Å². The standard InChI is InChI=1S/C7H11NO2/c1-5-3-7(8,4-5)6(9)10-2/h1,3-4,8H2,2H3. The average molecular weight is 141 g/mol. The fourth-order valence-corrected chi connectivity index (χ4v) is 1.19. The SMILES string of the molecule is C=C1CC(N)(C(=O)OC)C1. The van der Waals surface area contributed by atoms with Crippen molar-refractivity contribution < 1.29 is 9.53 Å². The van der Waals surface area contributed by atoms with Crippen molar-refractivity contribution >= 4 is 5.97 Å². The normalized spacial score (nSPS) is 21.6. The second-order valence-corrected chi connectivity index (χ2v) is 2.75. The van der Waals surface area contributed by atoms with Crippen LogP contribution in [0.3, 0.4) is 0 Å². The van der Waals surface area contributed by atoms with Crippen molar-refractivity contribution in [2.75, 3.05) is 7.11 Å². The van der Waals surface area contributed by atoms with Gasteiger partial charge in [0, 0.05) is 0 Å². The van der Waals surface area contributed by atoms with Crippen LogP contribution >= 0.6 is 0 Å². The fraction of sp³-hybridized carbons (Fsp3) is 0.571. The number of nitrogens with two attached hydrogens (primary N) is 1. The number of methoxy groups -OCH3 is 1. The molecule has 1 aliphatic carbocycles. The molecule has 0 spiro atoms. The van der Waals surface area contributed by atoms with Crippen LogP contribution in [0.2, 0.25) is 0 Å². The molecule has 2 N–H and O–H groups in total. The van der Waals surface area contributed by atoms with E-state index < -0.39 is 5.54 Å². The molecule has 0 aliphatic heterocycles. The minimum absolute atomic E-state index is 0.333. The van der Waals surface area contributed by atoms with Crippen LogP contribution < -0.4 is 5.73 Å². The molecule has 0 aromatic heterocycles. The molecule has 0 radical (unpaired) electrons. The molecule has 0 amide bonds. The van der Waals surface area contributed by atoms with Crippen molar-refractivity contribution in [3.8, 4) is 0 Å². The maximum atomic E-state index is 10.9. The highest BCUT2D eigenvalue weighted by molar-refractivity contribution is 5.83. The Morgan fingerprint density at radius 1 is 1.80 bits per heavy atom. The third-order valence-electron chi connectivity index (χ3n) is 1.72. The van der Waals surface area contributed by atoms with Gasteiger partial charge in [-0.05, 0) is 12.8 Å². The summed E-state index contributed by atoms with van der Waals surface area (Å²) in [5.41, 5.74) is 5.88. The summed E-state index contributed by atoms with van der Waals surface area (Å²) in [4.78, 5) is 10.9. The zero-order valence-electron chi connectivity index (χ0n) is 6.02. The minimum atomic E-state index is -0.758. The van der Waals surface area contributed by atoms with E-state index in [4.69, 9.17) is 5.73 Å². The number of carbonyl (C=O) groups is 1. The van der Waals surface area contributed by atoms with E-state index >= 15 is 0 Å². The van der Waals surface area contributed by atoms with Crippen LogP contribution in [0.15, 0.2) is 12.2 Å². The Morgan fingerprint density at radius 2 is 2.30 bits per heavy atom. The summed E-state index contributed by atoms with van der Waals surface area (Å²) < 4.78 is 4.50. The lowest BCUT2D eigenvalue weighted by atomic mass is 9.74. The topological polar surface area (TPSA) is 52.3 Å². The van der Waals surface area contributed by atoms with Gasteiger partial charge in [0.15, 0.2) is 0 Å². The van der Waals surface area contributed by atoms with E-state index in [0.29, 0.717) is 12.8 Å². The third-order valence-corrected chi connectivity index (χ3v) is 1.72. The molecule has 10 heavy (non-hydrogen) atoms. The molecule has 0 aromatic carbocycles. The van der Waals surface area contributed by atoms with Crippen molar-refractivity contribution in [2.24, 2.45) is 5.73 Å². The Bertz CT molecular complexity index is 178. The van der Waals surface area contributed by atoms with Gasteiger partial charge < -0.3 is 10.5 Å². The number of esters is 1. The molecule has 1 saturated carbocycles. The Balaban J connectivity index is 2.56. The molecule has 0 heterocycles. The first-order valence-corrected chi connectivity index (χ1v) is 3.12. The van der Waals surface area contributed by atoms with Crippen LogP contribution in [0.5, 0.6) is 0 Å². The van der Waals surface area contributed by atoms with Crippen molar-refractivity contribution in [3.63, 3.8) is 0 Å². The molecule has 56 valence electrons. The zero-order valence-corrected chi connectivity index (χ0v) is 6.02. The molecular weight excluding hydrogens is 130 g/mol. The molecule has 1 rings (SSSR count). The first-order chi connectivity index (χ1) is 4.58. The number of hydrogen-bond acceptors (Lipinski definition) is 3. The van der Waals surface area contributed by atoms with Crippen LogP contribution in [0, 0.1) is 0 Å². The highest BCUT2D eigenvalue weighted by atomic mass is 16.5. The number of hydrogen-bond donors (Lipinski definition) is 1. The number of ether oxygens (including phenoxy) is 1. The van der Waals surface area contributed by atoms with Crippen LogP contribution in [0.1, 0.15) is 12.8 Å². The Hall–Kier alpha value is -0.830. The lowest BCUT2D eigenvalue weighted by Crippen LogP contribution is -2.55. The summed E-state index contributed by atoms with van der Waals surface area (Å²) in [5.74, 6) is -0.333. The van der Waals surface area contributed by atoms with E-state index in [1.54, 1.807) is 0 Å². The molecule has 0 bridgehead atoms. The summed E-state index contributed by atoms with van der Waals surface area (Å²) in [7, 11) is 1.35. The maximum Gasteiger partial charge on any atom is 0.326 e. The second-order valence-electron chi connectivity index (χ2n) is 2.75. The van der Waals surface area contributed by atoms with Gasteiger partial charge in [-0.15, -0.1) is 0 Å². The molecule has 1 fully saturated rings. The van der Waals surface area contributed by atoms with Crippen LogP contribution in [-0.2, 0) is 9.53 Å². The van der Waals surface area contributed by atoms with E-state index in [1.165, 1.54) is 7.11 Å². The summed E-state index contributed by atoms with van der Waals surface area (Å²) in [6.45, 7) is 3.68. The van der Waals surface area contributed by atoms with Crippen molar-refractivity contribution in [1.29, 1.82) is 0 Å². The Morgan fingerprint density at radius 3 is 2.60 bits per heavy atom. The number of carbonyl (C=O) groups excluding carboxylic acids is 1. The highest BCUT2D eigenvalue weighted by Crippen LogP contribution is 2.34. The minimum Gasteiger partial charge on any atom is -0.468 e. The first-order valence-electron chi connectivity index (χ1n) is 3.12. The van der Waals surface area contributed by atoms with Crippen molar-refractivity contribution in [2.45, 2.75) is 18.4 Å². The van der Waals surface area contributed by atoms with Gasteiger partial charge in [-0.3, -0.25) is 4.79 Å². The molecule has 1 aliphatic rings. The predicted octanol–water partition coefficient (Wildman–Crippen LogP) is 0.207. The number of rotatable bonds is 1. The Kier molecular flexibility index (Phi) is 1.52. The smallest absolute Gasteiger partial charge is 0.326 e. The summed E-state index contributed by atoms with van der Waals surface area (Å²) in [6.07, 6.45) is 1.14. The van der Waals surface area contributed by atoms with E-state index in [2.05, 4.69) is 11.3 Å². The van der Waals surface area contributed by atoms with Crippen molar-refractivity contribution in [3.05, 3.63) is 12.2 Å². The van der Waals surface area contributed by atoms with Gasteiger partial charge in [-0.2, -0.15) is 0 Å². The van der Waals surface area contributed by atoms with Crippen LogP contribution in [0.25, 0.3) is 0 Å². The van der Waals surface area contributed by atoms with E-state index in [9.17, 15) is 4.79 Å². The van der Waals surface area contributed by atoms with E-state index in [0.717, 1.165) is 5.57 Å². The molecule has 0 unspecified atom stereocenters. The average Bonchev–Trinajstić information content (AvgIpc) is 1.83. The lowest BCUT2D eigenvalue weighted by Gasteiger charge is -2.36. The maximum absolute atomic E-state index is 10.9. The predicted molar refractivity (Wildman–Crippen MR) is 37.3 cm³/mol. The quantitative estimate of drug-likeness (QED) is 0.419. The van der Waals surface area contributed by atoms with Crippen molar-refractivity contribution in [1.82, 2.24) is 0 Å². The second kappa shape index (κ2) is 2.09. The van der Waals surface area contributed by atoms with Gasteiger partial charge >= 0.3 is 5.97 Å². The van der Waals surface area contributed by atoms with Gasteiger partial charge in [0.1, 0.15) is 5.54 Å². The van der Waals surface area contributed by atoms with Gasteiger partial charge in [0.05, 0.1) is 7.11 Å². The molecular formula is C7H11NO2. The first kappa shape index (κ1) is 7.28. The van der Waals surface area contributed by atoms with Gasteiger partial charge in [0.25, 0.3) is 0 Å². The monoisotopic (exact) mass is 141 g/mol. The highest BCUT2D eigenvalue weighted by Gasteiger charge is 2.43. The van der Waals surface area contributed by atoms with Gasteiger partial charge in [-0.1, -0.05) is 12.2 Å². The summed E-state index contributed by atoms with van der Waals surface area (Å²) >= 11 is 0. The molecule has 3 nitrogen and oxygen atoms in total. The molecule has 0 aromatic rings. The van der Waals surface area contributed by atoms with Gasteiger partial charge in [-0.25, -0.2) is 0 Å². The van der Waals surface area contributed by atoms with Crippen LogP contribution in [-0.4, -0.2) is 18.6 Å². The Labute approximate surface area is 59.8 Å². The third kappa shape index (κ3) is 0.926. The largest absolute Gasteiger partial charge is 0.468 e. The summed E-state index contributed by atoms with van der Waals surface area (Å²) in [6, 6.07) is 0. The summed E-state index contributed by atoms with van der Waals surface area (Å²) in [5, 5.41) is 0. The van der Waals surface area contributed by atoms with Crippen LogP contribution in [0.4, 0.5) is 0 Å². The lowest BCUT2D eigenvalue weighted by molar-refractivity contribution is -0.148. The fourth-order valence-electron chi connectivity index (χ4n) is 1.19. The molecule has 0 atom stereocenters.